The summed E-state index contributed by atoms with van der Waals surface area (Å²) in [4.78, 5) is 14.7. The average molecular weight is 267 g/mol. The first-order valence-electron chi connectivity index (χ1n) is 5.69. The van der Waals surface area contributed by atoms with E-state index in [2.05, 4.69) is 10.3 Å². The molecule has 1 aliphatic heterocycles. The van der Waals surface area contributed by atoms with Crippen LogP contribution in [0.15, 0.2) is 29.2 Å². The summed E-state index contributed by atoms with van der Waals surface area (Å²) >= 11 is 0. The predicted molar refractivity (Wildman–Crippen MR) is 67.4 cm³/mol. The second-order valence-corrected chi connectivity index (χ2v) is 6.68. The van der Waals surface area contributed by atoms with E-state index in [1.807, 2.05) is 0 Å². The lowest BCUT2D eigenvalue weighted by Gasteiger charge is -2.22. The zero-order valence-electron chi connectivity index (χ0n) is 9.59. The van der Waals surface area contributed by atoms with E-state index in [1.54, 1.807) is 18.3 Å². The third-order valence-corrected chi connectivity index (χ3v) is 4.80. The number of nitrogens with zero attached hydrogens (tertiary/aromatic N) is 1. The highest BCUT2D eigenvalue weighted by Crippen LogP contribution is 2.17. The third-order valence-electron chi connectivity index (χ3n) is 3.13. The van der Waals surface area contributed by atoms with Gasteiger partial charge in [0.15, 0.2) is 9.84 Å². The topological polar surface area (TPSA) is 83.4 Å². The van der Waals surface area contributed by atoms with Crippen LogP contribution in [0.4, 0.5) is 0 Å². The first-order valence-corrected chi connectivity index (χ1v) is 7.51. The molecule has 1 saturated heterocycles. The standard InChI is InChI=1S/C11H13N3O3S/c15-11-3-1-2-10-13-8(6-14(10)11)9-7-18(16,17)5-4-12-9/h1-3,6,9,12-13H,4-5,7H2. The Labute approximate surface area is 104 Å². The fourth-order valence-corrected chi connectivity index (χ4v) is 3.62. The maximum absolute atomic E-state index is 11.6. The van der Waals surface area contributed by atoms with Crippen LogP contribution in [0.3, 0.4) is 0 Å². The van der Waals surface area contributed by atoms with Crippen molar-refractivity contribution in [1.82, 2.24) is 14.7 Å². The molecule has 2 aromatic rings. The Hall–Kier alpha value is -1.60. The Morgan fingerprint density at radius 3 is 2.89 bits per heavy atom. The molecular weight excluding hydrogens is 254 g/mol. The van der Waals surface area contributed by atoms with Crippen LogP contribution in [0.2, 0.25) is 0 Å². The van der Waals surface area contributed by atoms with E-state index in [1.165, 1.54) is 10.5 Å². The molecule has 2 aromatic heterocycles. The van der Waals surface area contributed by atoms with E-state index in [0.717, 1.165) is 5.69 Å². The smallest absolute Gasteiger partial charge is 0.256 e. The van der Waals surface area contributed by atoms with Crippen LogP contribution in [0, 0.1) is 0 Å². The van der Waals surface area contributed by atoms with Gasteiger partial charge < -0.3 is 10.3 Å². The summed E-state index contributed by atoms with van der Waals surface area (Å²) in [6, 6.07) is 4.64. The van der Waals surface area contributed by atoms with Crippen molar-refractivity contribution in [1.29, 1.82) is 0 Å². The van der Waals surface area contributed by atoms with Crippen LogP contribution in [-0.4, -0.2) is 35.9 Å². The molecule has 1 unspecified atom stereocenters. The molecule has 1 fully saturated rings. The van der Waals surface area contributed by atoms with Gasteiger partial charge in [0.1, 0.15) is 5.65 Å². The molecule has 0 bridgehead atoms. The van der Waals surface area contributed by atoms with Crippen molar-refractivity contribution >= 4 is 15.5 Å². The lowest BCUT2D eigenvalue weighted by molar-refractivity contribution is 0.525. The quantitative estimate of drug-likeness (QED) is 0.742. The molecule has 0 amide bonds. The van der Waals surface area contributed by atoms with E-state index < -0.39 is 9.84 Å². The number of imidazole rings is 1. The van der Waals surface area contributed by atoms with Gasteiger partial charge in [-0.25, -0.2) is 8.42 Å². The van der Waals surface area contributed by atoms with Crippen molar-refractivity contribution in [2.45, 2.75) is 6.04 Å². The van der Waals surface area contributed by atoms with Gasteiger partial charge in [-0.1, -0.05) is 6.07 Å². The fraction of sp³-hybridized carbons (Fsp3) is 0.364. The number of aromatic nitrogens is 2. The van der Waals surface area contributed by atoms with Gasteiger partial charge in [-0.15, -0.1) is 0 Å². The Kier molecular flexibility index (Phi) is 2.53. The summed E-state index contributed by atoms with van der Waals surface area (Å²) in [5, 5.41) is 3.15. The van der Waals surface area contributed by atoms with Crippen LogP contribution in [-0.2, 0) is 9.84 Å². The first-order chi connectivity index (χ1) is 8.55. The van der Waals surface area contributed by atoms with Crippen molar-refractivity contribution in [3.05, 3.63) is 40.4 Å². The van der Waals surface area contributed by atoms with Crippen LogP contribution in [0.5, 0.6) is 0 Å². The number of hydrogen-bond acceptors (Lipinski definition) is 4. The number of aromatic amines is 1. The van der Waals surface area contributed by atoms with Crippen LogP contribution in [0.25, 0.3) is 5.65 Å². The van der Waals surface area contributed by atoms with E-state index in [4.69, 9.17) is 0 Å². The zero-order chi connectivity index (χ0) is 12.8. The second kappa shape index (κ2) is 3.96. The lowest BCUT2D eigenvalue weighted by atomic mass is 10.2. The molecule has 0 aromatic carbocycles. The molecule has 3 rings (SSSR count). The summed E-state index contributed by atoms with van der Waals surface area (Å²) in [5.74, 6) is 0.234. The van der Waals surface area contributed by atoms with E-state index >= 15 is 0 Å². The fourth-order valence-electron chi connectivity index (χ4n) is 2.22. The summed E-state index contributed by atoms with van der Waals surface area (Å²) in [6.07, 6.45) is 1.66. The molecular formula is C11H13N3O3S. The number of sulfone groups is 1. The largest absolute Gasteiger partial charge is 0.342 e. The predicted octanol–water partition coefficient (Wildman–Crippen LogP) is -0.313. The summed E-state index contributed by atoms with van der Waals surface area (Å²) in [5.41, 5.74) is 1.26. The number of rotatable bonds is 1. The highest BCUT2D eigenvalue weighted by atomic mass is 32.2. The minimum absolute atomic E-state index is 0.0641. The SMILES string of the molecule is O=c1cccc2[nH]c(C3CS(=O)(=O)CCN3)cn12. The molecule has 7 heteroatoms. The second-order valence-electron chi connectivity index (χ2n) is 4.45. The van der Waals surface area contributed by atoms with Crippen molar-refractivity contribution in [3.8, 4) is 0 Å². The number of H-pyrrole nitrogens is 1. The third kappa shape index (κ3) is 1.95. The lowest BCUT2D eigenvalue weighted by Crippen LogP contribution is -2.39. The minimum atomic E-state index is -3.00. The molecule has 6 nitrogen and oxygen atoms in total. The molecule has 1 atom stereocenters. The molecule has 0 saturated carbocycles. The van der Waals surface area contributed by atoms with Gasteiger partial charge in [0.2, 0.25) is 0 Å². The highest BCUT2D eigenvalue weighted by molar-refractivity contribution is 7.91. The molecule has 0 spiro atoms. The highest BCUT2D eigenvalue weighted by Gasteiger charge is 2.26. The van der Waals surface area contributed by atoms with Crippen molar-refractivity contribution in [2.75, 3.05) is 18.1 Å². The van der Waals surface area contributed by atoms with Crippen molar-refractivity contribution in [3.63, 3.8) is 0 Å². The van der Waals surface area contributed by atoms with Gasteiger partial charge in [-0.2, -0.15) is 0 Å². The van der Waals surface area contributed by atoms with E-state index in [0.29, 0.717) is 12.2 Å². The Morgan fingerprint density at radius 1 is 1.33 bits per heavy atom. The molecule has 2 N–H and O–H groups in total. The Balaban J connectivity index is 2.05. The zero-order valence-corrected chi connectivity index (χ0v) is 10.4. The number of nitrogens with one attached hydrogen (secondary N) is 2. The van der Waals surface area contributed by atoms with E-state index in [-0.39, 0.29) is 23.1 Å². The maximum Gasteiger partial charge on any atom is 0.256 e. The summed E-state index contributed by atoms with van der Waals surface area (Å²) < 4.78 is 24.7. The molecule has 18 heavy (non-hydrogen) atoms. The van der Waals surface area contributed by atoms with E-state index in [9.17, 15) is 13.2 Å². The Bertz CT molecular complexity index is 744. The van der Waals surface area contributed by atoms with Gasteiger partial charge in [-0.3, -0.25) is 9.20 Å². The van der Waals surface area contributed by atoms with Crippen LogP contribution >= 0.6 is 0 Å². The van der Waals surface area contributed by atoms with Gasteiger partial charge in [0.05, 0.1) is 23.2 Å². The summed E-state index contributed by atoms with van der Waals surface area (Å²) in [6.45, 7) is 0.442. The molecule has 96 valence electrons. The number of hydrogen-bond donors (Lipinski definition) is 2. The molecule has 1 aliphatic rings. The average Bonchev–Trinajstić information content (AvgIpc) is 2.73. The summed E-state index contributed by atoms with van der Waals surface area (Å²) in [7, 11) is -3.00. The van der Waals surface area contributed by atoms with Gasteiger partial charge in [-0.05, 0) is 6.07 Å². The minimum Gasteiger partial charge on any atom is -0.342 e. The van der Waals surface area contributed by atoms with Crippen LogP contribution in [0.1, 0.15) is 11.7 Å². The molecule has 0 aliphatic carbocycles. The molecule has 0 radical (unpaired) electrons. The van der Waals surface area contributed by atoms with Gasteiger partial charge in [0.25, 0.3) is 5.56 Å². The van der Waals surface area contributed by atoms with Gasteiger partial charge in [0, 0.05) is 18.8 Å². The molecule has 3 heterocycles. The van der Waals surface area contributed by atoms with Gasteiger partial charge >= 0.3 is 0 Å². The van der Waals surface area contributed by atoms with Crippen molar-refractivity contribution < 1.29 is 8.42 Å². The normalized spacial score (nSPS) is 23.2. The monoisotopic (exact) mass is 267 g/mol. The maximum atomic E-state index is 11.6. The van der Waals surface area contributed by atoms with Crippen LogP contribution < -0.4 is 10.9 Å². The van der Waals surface area contributed by atoms with Crippen molar-refractivity contribution in [2.24, 2.45) is 0 Å². The first kappa shape index (κ1) is 11.5. The Morgan fingerprint density at radius 2 is 2.17 bits per heavy atom. The number of fused-ring (bicyclic) bond motifs is 1. The number of pyridine rings is 1.